The molecule has 150 valence electrons. The molecule has 1 fully saturated rings. The number of aliphatic hydroxyl groups excluding tert-OH is 1. The predicted octanol–water partition coefficient (Wildman–Crippen LogP) is 4.11. The number of anilines is 1. The number of thiophene rings is 1. The van der Waals surface area contributed by atoms with Crippen LogP contribution in [0.5, 0.6) is 0 Å². The summed E-state index contributed by atoms with van der Waals surface area (Å²) in [6.07, 6.45) is 3.02. The largest absolute Gasteiger partial charge is 0.386 e. The molecule has 0 aliphatic carbocycles. The summed E-state index contributed by atoms with van der Waals surface area (Å²) in [4.78, 5) is 13.1. The molecular weight excluding hydrogens is 382 g/mol. The third-order valence-electron chi connectivity index (χ3n) is 5.78. The van der Waals surface area contributed by atoms with Gasteiger partial charge in [0.2, 0.25) is 0 Å². The molecule has 3 N–H and O–H groups in total. The Hall–Kier alpha value is -2.53. The fourth-order valence-electron chi connectivity index (χ4n) is 4.11. The Labute approximate surface area is 174 Å². The predicted molar refractivity (Wildman–Crippen MR) is 116 cm³/mol. The Morgan fingerprint density at radius 2 is 2.03 bits per heavy atom. The van der Waals surface area contributed by atoms with Crippen LogP contribution in [-0.4, -0.2) is 38.6 Å². The van der Waals surface area contributed by atoms with Crippen LogP contribution in [-0.2, 0) is 0 Å². The number of nitrogen functional groups attached to an aromatic ring is 1. The van der Waals surface area contributed by atoms with Gasteiger partial charge in [-0.2, -0.15) is 5.26 Å². The zero-order valence-electron chi connectivity index (χ0n) is 16.7. The zero-order valence-corrected chi connectivity index (χ0v) is 17.5. The lowest BCUT2D eigenvalue weighted by atomic mass is 9.97. The van der Waals surface area contributed by atoms with Crippen molar-refractivity contribution in [1.29, 1.82) is 5.26 Å². The first-order valence-corrected chi connectivity index (χ1v) is 10.8. The molecule has 1 aliphatic rings. The Morgan fingerprint density at radius 3 is 2.76 bits per heavy atom. The molecular formula is C22H25N5OS. The molecule has 1 aromatic carbocycles. The van der Waals surface area contributed by atoms with Crippen molar-refractivity contribution >= 4 is 27.4 Å². The van der Waals surface area contributed by atoms with E-state index < -0.39 is 6.10 Å². The van der Waals surface area contributed by atoms with Gasteiger partial charge in [0.05, 0.1) is 17.0 Å². The average Bonchev–Trinajstić information content (AvgIpc) is 3.16. The minimum Gasteiger partial charge on any atom is -0.386 e. The quantitative estimate of drug-likeness (QED) is 0.675. The van der Waals surface area contributed by atoms with Gasteiger partial charge in [0.25, 0.3) is 0 Å². The van der Waals surface area contributed by atoms with E-state index in [0.717, 1.165) is 20.7 Å². The molecule has 3 aromatic rings. The van der Waals surface area contributed by atoms with Gasteiger partial charge in [0.15, 0.2) is 5.82 Å². The second-order valence-electron chi connectivity index (χ2n) is 7.83. The molecule has 2 aromatic heterocycles. The fraction of sp³-hybridized carbons (Fsp3) is 0.409. The van der Waals surface area contributed by atoms with Crippen LogP contribution in [0.15, 0.2) is 30.3 Å². The van der Waals surface area contributed by atoms with Gasteiger partial charge < -0.3 is 10.8 Å². The molecule has 0 bridgehead atoms. The van der Waals surface area contributed by atoms with E-state index in [9.17, 15) is 5.11 Å². The van der Waals surface area contributed by atoms with Crippen LogP contribution in [0, 0.1) is 11.3 Å². The van der Waals surface area contributed by atoms with E-state index in [0.29, 0.717) is 35.8 Å². The van der Waals surface area contributed by atoms with Gasteiger partial charge in [-0.05, 0) is 44.9 Å². The summed E-state index contributed by atoms with van der Waals surface area (Å²) in [5, 5.41) is 20.8. The van der Waals surface area contributed by atoms with Gasteiger partial charge in [0, 0.05) is 29.1 Å². The standard InChI is InChI=1S/C22H25N5OS/c1-13-5-3-6-14(2)27(13)12-18(28)19-10-17-20(24)25-21(26-22(17)29-19)16-8-4-7-15(9-16)11-23/h4,7-10,13-14,18,28H,3,5-6,12H2,1-2H3,(H2,24,25,26). The van der Waals surface area contributed by atoms with Crippen LogP contribution < -0.4 is 5.73 Å². The first-order valence-electron chi connectivity index (χ1n) is 9.97. The molecule has 4 rings (SSSR count). The van der Waals surface area contributed by atoms with Crippen LogP contribution in [0.3, 0.4) is 0 Å². The SMILES string of the molecule is CC1CCCC(C)N1CC(O)c1cc2c(N)nc(-c3cccc(C#N)c3)nc2s1. The summed E-state index contributed by atoms with van der Waals surface area (Å²) in [6.45, 7) is 5.08. The first kappa shape index (κ1) is 19.8. The molecule has 3 unspecified atom stereocenters. The summed E-state index contributed by atoms with van der Waals surface area (Å²) >= 11 is 1.46. The highest BCUT2D eigenvalue weighted by Crippen LogP contribution is 2.34. The summed E-state index contributed by atoms with van der Waals surface area (Å²) < 4.78 is 0. The Kier molecular flexibility index (Phi) is 5.50. The molecule has 0 radical (unpaired) electrons. The molecule has 6 nitrogen and oxygen atoms in total. The molecule has 0 saturated carbocycles. The van der Waals surface area contributed by atoms with E-state index in [4.69, 9.17) is 11.0 Å². The van der Waals surface area contributed by atoms with Crippen LogP contribution in [0.1, 0.15) is 49.7 Å². The van der Waals surface area contributed by atoms with Gasteiger partial charge in [-0.25, -0.2) is 9.97 Å². The lowest BCUT2D eigenvalue weighted by molar-refractivity contribution is 0.0426. The fourth-order valence-corrected chi connectivity index (χ4v) is 5.12. The third-order valence-corrected chi connectivity index (χ3v) is 6.91. The average molecular weight is 408 g/mol. The van der Waals surface area contributed by atoms with Crippen molar-refractivity contribution in [3.63, 3.8) is 0 Å². The molecule has 29 heavy (non-hydrogen) atoms. The minimum atomic E-state index is -0.582. The number of rotatable bonds is 4. The van der Waals surface area contributed by atoms with Crippen molar-refractivity contribution < 1.29 is 5.11 Å². The maximum absolute atomic E-state index is 10.9. The second-order valence-corrected chi connectivity index (χ2v) is 8.90. The number of hydrogen-bond acceptors (Lipinski definition) is 7. The van der Waals surface area contributed by atoms with Crippen LogP contribution in [0.4, 0.5) is 5.82 Å². The molecule has 7 heteroatoms. The summed E-state index contributed by atoms with van der Waals surface area (Å²) in [5.74, 6) is 0.884. The van der Waals surface area contributed by atoms with Crippen molar-refractivity contribution in [2.75, 3.05) is 12.3 Å². The number of β-amino-alcohol motifs (C(OH)–C–C–N with tert-alkyl or cyclic N) is 1. The first-order chi connectivity index (χ1) is 14.0. The lowest BCUT2D eigenvalue weighted by Gasteiger charge is -2.39. The summed E-state index contributed by atoms with van der Waals surface area (Å²) in [6, 6.07) is 12.2. The van der Waals surface area contributed by atoms with Gasteiger partial charge in [-0.15, -0.1) is 11.3 Å². The van der Waals surface area contributed by atoms with Crippen molar-refractivity contribution in [2.45, 2.75) is 51.3 Å². The number of piperidine rings is 1. The molecule has 3 heterocycles. The maximum atomic E-state index is 10.9. The number of nitrogens with two attached hydrogens (primary N) is 1. The summed E-state index contributed by atoms with van der Waals surface area (Å²) in [5.41, 5.74) is 7.51. The van der Waals surface area contributed by atoms with E-state index >= 15 is 0 Å². The van der Waals surface area contributed by atoms with E-state index in [2.05, 4.69) is 34.8 Å². The monoisotopic (exact) mass is 407 g/mol. The van der Waals surface area contributed by atoms with Gasteiger partial charge >= 0.3 is 0 Å². The maximum Gasteiger partial charge on any atom is 0.163 e. The van der Waals surface area contributed by atoms with Gasteiger partial charge in [-0.1, -0.05) is 18.6 Å². The second kappa shape index (κ2) is 8.07. The molecule has 0 amide bonds. The van der Waals surface area contributed by atoms with Crippen molar-refractivity contribution in [1.82, 2.24) is 14.9 Å². The lowest BCUT2D eigenvalue weighted by Crippen LogP contribution is -2.45. The topological polar surface area (TPSA) is 99.1 Å². The van der Waals surface area contributed by atoms with Crippen molar-refractivity contribution in [3.05, 3.63) is 40.8 Å². The van der Waals surface area contributed by atoms with E-state index in [1.54, 1.807) is 12.1 Å². The van der Waals surface area contributed by atoms with E-state index in [-0.39, 0.29) is 0 Å². The number of nitriles is 1. The number of benzene rings is 1. The van der Waals surface area contributed by atoms with E-state index in [1.807, 2.05) is 18.2 Å². The molecule has 1 saturated heterocycles. The smallest absolute Gasteiger partial charge is 0.163 e. The van der Waals surface area contributed by atoms with E-state index in [1.165, 1.54) is 30.6 Å². The van der Waals surface area contributed by atoms with Crippen LogP contribution >= 0.6 is 11.3 Å². The molecule has 0 spiro atoms. The Bertz CT molecular complexity index is 1060. The Balaban J connectivity index is 1.63. The number of hydrogen-bond donors (Lipinski definition) is 2. The highest BCUT2D eigenvalue weighted by Gasteiger charge is 2.27. The number of likely N-dealkylation sites (tertiary alicyclic amines) is 1. The number of aliphatic hydroxyl groups is 1. The number of aromatic nitrogens is 2. The molecule has 3 atom stereocenters. The summed E-state index contributed by atoms with van der Waals surface area (Å²) in [7, 11) is 0. The van der Waals surface area contributed by atoms with Crippen molar-refractivity contribution in [3.8, 4) is 17.5 Å². The zero-order chi connectivity index (χ0) is 20.5. The van der Waals surface area contributed by atoms with Crippen LogP contribution in [0.25, 0.3) is 21.6 Å². The molecule has 1 aliphatic heterocycles. The highest BCUT2D eigenvalue weighted by atomic mass is 32.1. The Morgan fingerprint density at radius 1 is 1.28 bits per heavy atom. The van der Waals surface area contributed by atoms with Crippen LogP contribution in [0.2, 0.25) is 0 Å². The minimum absolute atomic E-state index is 0.391. The highest BCUT2D eigenvalue weighted by molar-refractivity contribution is 7.18. The normalized spacial score (nSPS) is 21.2. The van der Waals surface area contributed by atoms with Gasteiger partial charge in [0.1, 0.15) is 16.8 Å². The number of fused-ring (bicyclic) bond motifs is 1. The van der Waals surface area contributed by atoms with Crippen molar-refractivity contribution in [2.24, 2.45) is 0 Å². The third kappa shape index (κ3) is 3.97. The van der Waals surface area contributed by atoms with Gasteiger partial charge in [-0.3, -0.25) is 4.90 Å². The number of nitrogens with zero attached hydrogens (tertiary/aromatic N) is 4.